The molecule has 0 fully saturated rings. The van der Waals surface area contributed by atoms with E-state index < -0.39 is 17.5 Å². The molecule has 20 heavy (non-hydrogen) atoms. The third-order valence-electron chi connectivity index (χ3n) is 2.61. The fourth-order valence-electron chi connectivity index (χ4n) is 1.69. The molecule has 112 valence electrons. The van der Waals surface area contributed by atoms with Gasteiger partial charge in [-0.2, -0.15) is 11.8 Å². The van der Waals surface area contributed by atoms with Crippen molar-refractivity contribution in [3.8, 4) is 0 Å². The summed E-state index contributed by atoms with van der Waals surface area (Å²) in [5.41, 5.74) is -0.200. The summed E-state index contributed by atoms with van der Waals surface area (Å²) >= 11 is 1.70. The zero-order chi connectivity index (χ0) is 15.1. The van der Waals surface area contributed by atoms with Crippen LogP contribution in [0.5, 0.6) is 0 Å². The van der Waals surface area contributed by atoms with Crippen molar-refractivity contribution >= 4 is 23.4 Å². The normalized spacial score (nSPS) is 12.1. The van der Waals surface area contributed by atoms with E-state index in [1.807, 2.05) is 13.8 Å². The highest BCUT2D eigenvalue weighted by Crippen LogP contribution is 2.20. The fraction of sp³-hybridized carbons (Fsp3) is 0.500. The molecule has 0 saturated carbocycles. The summed E-state index contributed by atoms with van der Waals surface area (Å²) in [6.07, 6.45) is 0. The van der Waals surface area contributed by atoms with Crippen LogP contribution in [0.15, 0.2) is 12.1 Å². The van der Waals surface area contributed by atoms with Gasteiger partial charge in [0, 0.05) is 23.9 Å². The number of carbonyl (C=O) groups excluding carboxylic acids is 1. The molecule has 6 heteroatoms. The standard InChI is InChI=1S/C14H20F2N2OS/c1-4-17-13-11(15)6-10(7-12(13)16)14(19)18-9(3)8-20-5-2/h6-7,9,17H,4-5,8H2,1-3H3,(H,18,19). The molecule has 0 aliphatic rings. The van der Waals surface area contributed by atoms with Crippen LogP contribution in [0.4, 0.5) is 14.5 Å². The van der Waals surface area contributed by atoms with Gasteiger partial charge in [-0.3, -0.25) is 4.79 Å². The van der Waals surface area contributed by atoms with Crippen LogP contribution in [0, 0.1) is 11.6 Å². The first-order valence-corrected chi connectivity index (χ1v) is 7.76. The SMILES string of the molecule is CCNc1c(F)cc(C(=O)NC(C)CSCC)cc1F. The third-order valence-corrected chi connectivity index (χ3v) is 3.75. The highest BCUT2D eigenvalue weighted by atomic mass is 32.2. The Morgan fingerprint density at radius 1 is 1.30 bits per heavy atom. The predicted octanol–water partition coefficient (Wildman–Crippen LogP) is 3.27. The molecule has 0 bridgehead atoms. The van der Waals surface area contributed by atoms with Crippen LogP contribution in [0.1, 0.15) is 31.1 Å². The van der Waals surface area contributed by atoms with Gasteiger partial charge in [-0.05, 0) is 31.7 Å². The lowest BCUT2D eigenvalue weighted by molar-refractivity contribution is 0.0943. The Morgan fingerprint density at radius 3 is 2.40 bits per heavy atom. The topological polar surface area (TPSA) is 41.1 Å². The van der Waals surface area contributed by atoms with Crippen molar-refractivity contribution in [2.24, 2.45) is 0 Å². The zero-order valence-corrected chi connectivity index (χ0v) is 12.7. The lowest BCUT2D eigenvalue weighted by Crippen LogP contribution is -2.34. The molecule has 2 N–H and O–H groups in total. The van der Waals surface area contributed by atoms with Crippen LogP contribution in [0.3, 0.4) is 0 Å². The maximum absolute atomic E-state index is 13.7. The van der Waals surface area contributed by atoms with Gasteiger partial charge in [0.25, 0.3) is 5.91 Å². The van der Waals surface area contributed by atoms with Gasteiger partial charge in [-0.25, -0.2) is 8.78 Å². The fourth-order valence-corrected chi connectivity index (χ4v) is 2.37. The van der Waals surface area contributed by atoms with Gasteiger partial charge in [0.2, 0.25) is 0 Å². The highest BCUT2D eigenvalue weighted by Gasteiger charge is 2.16. The van der Waals surface area contributed by atoms with E-state index in [-0.39, 0.29) is 17.3 Å². The number of anilines is 1. The molecule has 0 spiro atoms. The molecule has 0 aliphatic carbocycles. The molecule has 0 radical (unpaired) electrons. The van der Waals surface area contributed by atoms with E-state index in [1.165, 1.54) is 0 Å². The second-order valence-corrected chi connectivity index (χ2v) is 5.70. The Balaban J connectivity index is 2.79. The Labute approximate surface area is 122 Å². The summed E-state index contributed by atoms with van der Waals surface area (Å²) in [6, 6.07) is 2.05. The minimum Gasteiger partial charge on any atom is -0.381 e. The molecule has 1 rings (SSSR count). The summed E-state index contributed by atoms with van der Waals surface area (Å²) in [6.45, 7) is 6.04. The van der Waals surface area contributed by atoms with Gasteiger partial charge in [0.05, 0.1) is 0 Å². The third kappa shape index (κ3) is 4.67. The van der Waals surface area contributed by atoms with E-state index in [4.69, 9.17) is 0 Å². The number of halogens is 2. The Kier molecular flexibility index (Phi) is 6.78. The molecule has 1 aromatic rings. The van der Waals surface area contributed by atoms with Gasteiger partial charge in [0.1, 0.15) is 17.3 Å². The van der Waals surface area contributed by atoms with Crippen molar-refractivity contribution in [3.05, 3.63) is 29.3 Å². The van der Waals surface area contributed by atoms with Crippen molar-refractivity contribution in [3.63, 3.8) is 0 Å². The monoisotopic (exact) mass is 302 g/mol. The van der Waals surface area contributed by atoms with E-state index in [0.717, 1.165) is 23.6 Å². The van der Waals surface area contributed by atoms with Crippen LogP contribution in [-0.4, -0.2) is 30.0 Å². The van der Waals surface area contributed by atoms with Crippen molar-refractivity contribution in [1.29, 1.82) is 0 Å². The molecule has 0 aliphatic heterocycles. The number of rotatable bonds is 7. The molecule has 3 nitrogen and oxygen atoms in total. The van der Waals surface area contributed by atoms with E-state index in [9.17, 15) is 13.6 Å². The zero-order valence-electron chi connectivity index (χ0n) is 11.9. The molecule has 0 aromatic heterocycles. The number of benzene rings is 1. The van der Waals surface area contributed by atoms with Crippen LogP contribution in [-0.2, 0) is 0 Å². The number of hydrogen-bond donors (Lipinski definition) is 2. The largest absolute Gasteiger partial charge is 0.381 e. The molecule has 1 aromatic carbocycles. The van der Waals surface area contributed by atoms with Crippen LogP contribution in [0.2, 0.25) is 0 Å². The maximum Gasteiger partial charge on any atom is 0.251 e. The van der Waals surface area contributed by atoms with E-state index in [2.05, 4.69) is 10.6 Å². The Hall–Kier alpha value is -1.30. The summed E-state index contributed by atoms with van der Waals surface area (Å²) in [5, 5.41) is 5.32. The van der Waals surface area contributed by atoms with Crippen molar-refractivity contribution in [2.75, 3.05) is 23.4 Å². The summed E-state index contributed by atoms with van der Waals surface area (Å²) in [7, 11) is 0. The van der Waals surface area contributed by atoms with Crippen molar-refractivity contribution in [1.82, 2.24) is 5.32 Å². The molecule has 1 atom stereocenters. The van der Waals surface area contributed by atoms with Gasteiger partial charge in [-0.15, -0.1) is 0 Å². The number of nitrogens with one attached hydrogen (secondary N) is 2. The van der Waals surface area contributed by atoms with Gasteiger partial charge < -0.3 is 10.6 Å². The first kappa shape index (κ1) is 16.8. The molecule has 0 saturated heterocycles. The first-order chi connectivity index (χ1) is 9.49. The number of hydrogen-bond acceptors (Lipinski definition) is 3. The minimum absolute atomic E-state index is 0.00463. The minimum atomic E-state index is -0.757. The Bertz CT molecular complexity index is 445. The Morgan fingerprint density at radius 2 is 1.90 bits per heavy atom. The van der Waals surface area contributed by atoms with Gasteiger partial charge >= 0.3 is 0 Å². The molecule has 1 unspecified atom stereocenters. The van der Waals surface area contributed by atoms with Crippen molar-refractivity contribution in [2.45, 2.75) is 26.8 Å². The van der Waals surface area contributed by atoms with Crippen LogP contribution < -0.4 is 10.6 Å². The first-order valence-electron chi connectivity index (χ1n) is 6.61. The summed E-state index contributed by atoms with van der Waals surface area (Å²) < 4.78 is 27.4. The number of thioether (sulfide) groups is 1. The van der Waals surface area contributed by atoms with Gasteiger partial charge in [0.15, 0.2) is 0 Å². The maximum atomic E-state index is 13.7. The quantitative estimate of drug-likeness (QED) is 0.812. The van der Waals surface area contributed by atoms with E-state index in [0.29, 0.717) is 6.54 Å². The summed E-state index contributed by atoms with van der Waals surface area (Å²) in [4.78, 5) is 11.9. The van der Waals surface area contributed by atoms with Crippen molar-refractivity contribution < 1.29 is 13.6 Å². The molecule has 0 heterocycles. The number of amides is 1. The average molecular weight is 302 g/mol. The van der Waals surface area contributed by atoms with Gasteiger partial charge in [-0.1, -0.05) is 6.92 Å². The average Bonchev–Trinajstić information content (AvgIpc) is 2.40. The number of carbonyl (C=O) groups is 1. The molecule has 1 amide bonds. The second-order valence-electron chi connectivity index (χ2n) is 4.38. The van der Waals surface area contributed by atoms with Crippen LogP contribution >= 0.6 is 11.8 Å². The molecular formula is C14H20F2N2OS. The lowest BCUT2D eigenvalue weighted by atomic mass is 10.1. The second kappa shape index (κ2) is 8.09. The van der Waals surface area contributed by atoms with E-state index >= 15 is 0 Å². The van der Waals surface area contributed by atoms with Crippen LogP contribution in [0.25, 0.3) is 0 Å². The predicted molar refractivity (Wildman–Crippen MR) is 80.4 cm³/mol. The lowest BCUT2D eigenvalue weighted by Gasteiger charge is -2.14. The summed E-state index contributed by atoms with van der Waals surface area (Å²) in [5.74, 6) is -0.251. The smallest absolute Gasteiger partial charge is 0.251 e. The molecular weight excluding hydrogens is 282 g/mol. The highest BCUT2D eigenvalue weighted by molar-refractivity contribution is 7.99. The van der Waals surface area contributed by atoms with E-state index in [1.54, 1.807) is 18.7 Å².